The van der Waals surface area contributed by atoms with E-state index in [-0.39, 0.29) is 0 Å². The fourth-order valence-electron chi connectivity index (χ4n) is 10.3. The largest absolute Gasteiger partial charge is 0.309 e. The van der Waals surface area contributed by atoms with Gasteiger partial charge in [-0.3, -0.25) is 0 Å². The van der Waals surface area contributed by atoms with Crippen molar-refractivity contribution in [3.63, 3.8) is 0 Å². The third kappa shape index (κ3) is 5.46. The number of hydrogen-bond acceptors (Lipinski definition) is 2. The molecule has 0 N–H and O–H groups in total. The van der Waals surface area contributed by atoms with Crippen molar-refractivity contribution in [2.75, 3.05) is 4.90 Å². The van der Waals surface area contributed by atoms with Gasteiger partial charge in [0, 0.05) is 37.0 Å². The molecule has 1 heterocycles. The van der Waals surface area contributed by atoms with Crippen molar-refractivity contribution in [2.24, 2.45) is 0 Å². The third-order valence-corrected chi connectivity index (χ3v) is 13.9. The topological polar surface area (TPSA) is 3.24 Å². The Labute approximate surface area is 360 Å². The van der Waals surface area contributed by atoms with Crippen LogP contribution < -0.4 is 4.90 Å². The van der Waals surface area contributed by atoms with Gasteiger partial charge in [-0.2, -0.15) is 0 Å². The summed E-state index contributed by atoms with van der Waals surface area (Å²) in [6, 6.07) is 87.4. The van der Waals surface area contributed by atoms with Crippen molar-refractivity contribution in [1.29, 1.82) is 0 Å². The minimum Gasteiger partial charge on any atom is -0.309 e. The average Bonchev–Trinajstić information content (AvgIpc) is 3.87. The van der Waals surface area contributed by atoms with E-state index in [1.54, 1.807) is 0 Å². The molecule has 1 aromatic heterocycles. The number of anilines is 3. The lowest BCUT2D eigenvalue weighted by molar-refractivity contribution is 0.768. The zero-order chi connectivity index (χ0) is 40.3. The Balaban J connectivity index is 1.18. The molecule has 1 aliphatic carbocycles. The van der Waals surface area contributed by atoms with Crippen LogP contribution in [0.5, 0.6) is 0 Å². The molecule has 0 saturated carbocycles. The Morgan fingerprint density at radius 3 is 1.75 bits per heavy atom. The molecule has 2 heteroatoms. The summed E-state index contributed by atoms with van der Waals surface area (Å²) in [6.45, 7) is 0. The fraction of sp³-hybridized carbons (Fsp3) is 0.0169. The molecule has 0 radical (unpaired) electrons. The van der Waals surface area contributed by atoms with Crippen molar-refractivity contribution in [3.8, 4) is 33.4 Å². The first kappa shape index (κ1) is 35.4. The summed E-state index contributed by atoms with van der Waals surface area (Å²) in [5.74, 6) is 0. The van der Waals surface area contributed by atoms with E-state index in [9.17, 15) is 0 Å². The van der Waals surface area contributed by atoms with Gasteiger partial charge in [-0.25, -0.2) is 0 Å². The number of nitrogens with zero attached hydrogens (tertiary/aromatic N) is 1. The number of para-hydroxylation sites is 1. The Morgan fingerprint density at radius 2 is 0.918 bits per heavy atom. The maximum Gasteiger partial charge on any atom is 0.0714 e. The second-order valence-electron chi connectivity index (χ2n) is 15.9. The Bertz CT molecular complexity index is 3390. The summed E-state index contributed by atoms with van der Waals surface area (Å²) in [5, 5.41) is 5.08. The van der Waals surface area contributed by atoms with E-state index in [1.165, 1.54) is 86.6 Å². The van der Waals surface area contributed by atoms with Crippen LogP contribution in [0.3, 0.4) is 0 Å². The lowest BCUT2D eigenvalue weighted by Gasteiger charge is -2.34. The lowest BCUT2D eigenvalue weighted by atomic mass is 9.68. The molecule has 12 rings (SSSR count). The van der Waals surface area contributed by atoms with Gasteiger partial charge in [-0.05, 0) is 91.7 Å². The minimum absolute atomic E-state index is 0.526. The number of hydrogen-bond donors (Lipinski definition) is 0. The van der Waals surface area contributed by atoms with E-state index in [0.717, 1.165) is 17.1 Å². The van der Waals surface area contributed by atoms with Crippen LogP contribution in [0.2, 0.25) is 0 Å². The predicted molar refractivity (Wildman–Crippen MR) is 260 cm³/mol. The number of benzene rings is 10. The van der Waals surface area contributed by atoms with Crippen LogP contribution in [-0.4, -0.2) is 0 Å². The zero-order valence-electron chi connectivity index (χ0n) is 33.4. The Morgan fingerprint density at radius 1 is 0.361 bits per heavy atom. The normalized spacial score (nSPS) is 12.7. The molecule has 61 heavy (non-hydrogen) atoms. The number of rotatable bonds is 7. The standard InChI is InChI=1S/C59H39NS/c1-3-22-42(23-4-1)59(43-24-5-2-6-25-43)51-33-12-9-29-49(51)58-52(59)34-18-36-54(58)60(44-26-15-21-41(39-44)46-31-16-20-40-19-7-8-27-45(40)46)53-35-13-10-28-47(53)48-32-17-38-56-57(48)50-30-11-14-37-55(50)61-56/h1-39H. The monoisotopic (exact) mass is 793 g/mol. The van der Waals surface area contributed by atoms with Gasteiger partial charge in [-0.15, -0.1) is 11.3 Å². The van der Waals surface area contributed by atoms with E-state index in [1.807, 2.05) is 11.3 Å². The fourth-order valence-corrected chi connectivity index (χ4v) is 11.4. The lowest BCUT2D eigenvalue weighted by Crippen LogP contribution is -2.28. The van der Waals surface area contributed by atoms with Gasteiger partial charge < -0.3 is 4.90 Å². The molecule has 0 aliphatic heterocycles. The Kier molecular flexibility index (Phi) is 8.33. The summed E-state index contributed by atoms with van der Waals surface area (Å²) >= 11 is 1.87. The maximum absolute atomic E-state index is 2.54. The molecule has 0 saturated heterocycles. The van der Waals surface area contributed by atoms with Gasteiger partial charge in [0.1, 0.15) is 0 Å². The quantitative estimate of drug-likeness (QED) is 0.155. The summed E-state index contributed by atoms with van der Waals surface area (Å²) < 4.78 is 2.60. The maximum atomic E-state index is 2.54. The molecule has 11 aromatic rings. The van der Waals surface area contributed by atoms with Crippen molar-refractivity contribution in [1.82, 2.24) is 0 Å². The summed E-state index contributed by atoms with van der Waals surface area (Å²) in [7, 11) is 0. The molecule has 0 fully saturated rings. The number of thiophene rings is 1. The molecule has 0 bridgehead atoms. The van der Waals surface area contributed by atoms with Crippen molar-refractivity contribution in [3.05, 3.63) is 259 Å². The molecular weight excluding hydrogens is 755 g/mol. The van der Waals surface area contributed by atoms with Crippen LogP contribution in [0.15, 0.2) is 237 Å². The van der Waals surface area contributed by atoms with Crippen molar-refractivity contribution in [2.45, 2.75) is 5.41 Å². The van der Waals surface area contributed by atoms with Crippen LogP contribution in [-0.2, 0) is 5.41 Å². The first-order chi connectivity index (χ1) is 30.3. The van der Waals surface area contributed by atoms with Gasteiger partial charge in [0.25, 0.3) is 0 Å². The van der Waals surface area contributed by atoms with Gasteiger partial charge >= 0.3 is 0 Å². The first-order valence-corrected chi connectivity index (χ1v) is 21.8. The van der Waals surface area contributed by atoms with Crippen LogP contribution in [0.1, 0.15) is 22.3 Å². The highest BCUT2D eigenvalue weighted by atomic mass is 32.1. The highest BCUT2D eigenvalue weighted by Gasteiger charge is 2.47. The molecule has 0 amide bonds. The highest BCUT2D eigenvalue weighted by Crippen LogP contribution is 2.60. The second-order valence-corrected chi connectivity index (χ2v) is 17.0. The molecule has 10 aromatic carbocycles. The molecule has 1 aliphatic rings. The molecular formula is C59H39NS. The Hall–Kier alpha value is -7.52. The molecule has 0 atom stereocenters. The summed E-state index contributed by atoms with van der Waals surface area (Å²) in [5.41, 5.74) is 15.2. The van der Waals surface area contributed by atoms with Crippen molar-refractivity contribution < 1.29 is 0 Å². The summed E-state index contributed by atoms with van der Waals surface area (Å²) in [6.07, 6.45) is 0. The third-order valence-electron chi connectivity index (χ3n) is 12.7. The van der Waals surface area contributed by atoms with Gasteiger partial charge in [0.15, 0.2) is 0 Å². The minimum atomic E-state index is -0.526. The van der Waals surface area contributed by atoms with Gasteiger partial charge in [0.05, 0.1) is 16.8 Å². The molecule has 0 spiro atoms. The SMILES string of the molecule is c1ccc(C2(c3ccccc3)c3ccccc3-c3c(N(c4cccc(-c5cccc6ccccc56)c4)c4ccccc4-c4cccc5sc6ccccc6c45)cccc32)cc1. The second kappa shape index (κ2) is 14.3. The van der Waals surface area contributed by atoms with E-state index < -0.39 is 5.41 Å². The number of fused-ring (bicyclic) bond motifs is 7. The van der Waals surface area contributed by atoms with Crippen LogP contribution >= 0.6 is 11.3 Å². The molecule has 286 valence electrons. The predicted octanol–water partition coefficient (Wildman–Crippen LogP) is 16.4. The van der Waals surface area contributed by atoms with Crippen LogP contribution in [0, 0.1) is 0 Å². The summed E-state index contributed by atoms with van der Waals surface area (Å²) in [4.78, 5) is 2.54. The zero-order valence-corrected chi connectivity index (χ0v) is 34.2. The van der Waals surface area contributed by atoms with E-state index in [4.69, 9.17) is 0 Å². The smallest absolute Gasteiger partial charge is 0.0714 e. The van der Waals surface area contributed by atoms with Gasteiger partial charge in [0.2, 0.25) is 0 Å². The van der Waals surface area contributed by atoms with Crippen LogP contribution in [0.25, 0.3) is 64.3 Å². The van der Waals surface area contributed by atoms with Crippen LogP contribution in [0.4, 0.5) is 17.1 Å². The van der Waals surface area contributed by atoms with E-state index in [2.05, 4.69) is 241 Å². The molecule has 0 unspecified atom stereocenters. The van der Waals surface area contributed by atoms with E-state index in [0.29, 0.717) is 0 Å². The highest BCUT2D eigenvalue weighted by molar-refractivity contribution is 7.25. The average molecular weight is 794 g/mol. The van der Waals surface area contributed by atoms with Gasteiger partial charge in [-0.1, -0.05) is 200 Å². The first-order valence-electron chi connectivity index (χ1n) is 21.0. The van der Waals surface area contributed by atoms with Crippen molar-refractivity contribution >= 4 is 59.3 Å². The van der Waals surface area contributed by atoms with E-state index >= 15 is 0 Å². The molecule has 1 nitrogen and oxygen atoms in total.